The molecule has 7 nitrogen and oxygen atoms in total. The first-order chi connectivity index (χ1) is 14.9. The highest BCUT2D eigenvalue weighted by molar-refractivity contribution is 5.72. The van der Waals surface area contributed by atoms with Crippen molar-refractivity contribution in [3.8, 4) is 0 Å². The summed E-state index contributed by atoms with van der Waals surface area (Å²) in [6.07, 6.45) is 2.00. The number of aliphatic hydroxyl groups is 1. The van der Waals surface area contributed by atoms with E-state index in [4.69, 9.17) is 9.47 Å². The predicted molar refractivity (Wildman–Crippen MR) is 124 cm³/mol. The molecule has 176 valence electrons. The van der Waals surface area contributed by atoms with E-state index in [0.29, 0.717) is 0 Å². The van der Waals surface area contributed by atoms with Gasteiger partial charge in [-0.1, -0.05) is 56.3 Å². The number of nitrogens with zero attached hydrogens (tertiary/aromatic N) is 1. The molecule has 1 aliphatic heterocycles. The zero-order valence-electron chi connectivity index (χ0n) is 19.8. The van der Waals surface area contributed by atoms with Crippen LogP contribution < -0.4 is 5.32 Å². The Morgan fingerprint density at radius 3 is 2.28 bits per heavy atom. The Hall–Kier alpha value is -2.80. The number of amides is 2. The molecule has 1 heterocycles. The van der Waals surface area contributed by atoms with Crippen LogP contribution in [-0.4, -0.2) is 52.0 Å². The Balaban J connectivity index is 2.35. The van der Waals surface area contributed by atoms with Crippen molar-refractivity contribution in [3.63, 3.8) is 0 Å². The minimum atomic E-state index is -1.52. The summed E-state index contributed by atoms with van der Waals surface area (Å²) in [5.41, 5.74) is -2.65. The molecular formula is C25H36N2O5. The van der Waals surface area contributed by atoms with Gasteiger partial charge in [0.25, 0.3) is 0 Å². The number of hydrogen-bond acceptors (Lipinski definition) is 5. The highest BCUT2D eigenvalue weighted by Crippen LogP contribution is 2.43. The zero-order valence-corrected chi connectivity index (χ0v) is 19.8. The third-order valence-electron chi connectivity index (χ3n) is 6.07. The van der Waals surface area contributed by atoms with Gasteiger partial charge in [-0.05, 0) is 26.3 Å². The van der Waals surface area contributed by atoms with Gasteiger partial charge in [-0.25, -0.2) is 9.59 Å². The number of β-amino-alcohol motifs (C(OH)–C–C–N with tert-alkyl or cyclic N) is 1. The van der Waals surface area contributed by atoms with E-state index in [0.717, 1.165) is 5.56 Å². The lowest BCUT2D eigenvalue weighted by Crippen LogP contribution is -2.69. The van der Waals surface area contributed by atoms with Gasteiger partial charge in [0, 0.05) is 11.8 Å². The second-order valence-corrected chi connectivity index (χ2v) is 9.47. The standard InChI is InChI=1S/C25H36N2O5/c1-8-18(3)24(26-21(28)32-23(5,6)7)16-27(17-25(24,30)19(4)9-2)22(29)31-15-20-13-11-10-12-14-20/h8-14,18-19,30H,1-2,15-17H2,3-7H3,(H,26,28). The molecule has 0 radical (unpaired) electrons. The van der Waals surface area contributed by atoms with E-state index in [2.05, 4.69) is 18.5 Å². The summed E-state index contributed by atoms with van der Waals surface area (Å²) in [6, 6.07) is 9.34. The lowest BCUT2D eigenvalue weighted by atomic mass is 9.68. The maximum absolute atomic E-state index is 12.9. The number of ether oxygens (including phenoxy) is 2. The Morgan fingerprint density at radius 2 is 1.75 bits per heavy atom. The first kappa shape index (κ1) is 25.5. The smallest absolute Gasteiger partial charge is 0.410 e. The van der Waals surface area contributed by atoms with Crippen molar-refractivity contribution in [2.45, 2.75) is 58.0 Å². The van der Waals surface area contributed by atoms with Crippen LogP contribution in [0.5, 0.6) is 0 Å². The average Bonchev–Trinajstić information content (AvgIpc) is 3.04. The van der Waals surface area contributed by atoms with E-state index < -0.39 is 40.8 Å². The quantitative estimate of drug-likeness (QED) is 0.613. The van der Waals surface area contributed by atoms with Gasteiger partial charge in [-0.15, -0.1) is 13.2 Å². The SMILES string of the molecule is C=CC(C)C1(O)CN(C(=O)OCc2ccccc2)CC1(NC(=O)OC(C)(C)C)C(C)C=C. The molecular weight excluding hydrogens is 408 g/mol. The van der Waals surface area contributed by atoms with Crippen LogP contribution in [0.15, 0.2) is 55.6 Å². The fraction of sp³-hybridized carbons (Fsp3) is 0.520. The van der Waals surface area contributed by atoms with Crippen LogP contribution in [0.4, 0.5) is 9.59 Å². The van der Waals surface area contributed by atoms with Crippen molar-refractivity contribution in [1.82, 2.24) is 10.2 Å². The van der Waals surface area contributed by atoms with Crippen LogP contribution in [0.1, 0.15) is 40.2 Å². The van der Waals surface area contributed by atoms with E-state index in [9.17, 15) is 14.7 Å². The molecule has 4 atom stereocenters. The highest BCUT2D eigenvalue weighted by atomic mass is 16.6. The number of rotatable bonds is 7. The molecule has 1 aromatic carbocycles. The molecule has 1 aromatic rings. The third-order valence-corrected chi connectivity index (χ3v) is 6.07. The van der Waals surface area contributed by atoms with Gasteiger partial charge in [0.05, 0.1) is 18.6 Å². The zero-order chi connectivity index (χ0) is 24.2. The van der Waals surface area contributed by atoms with Crippen molar-refractivity contribution in [2.24, 2.45) is 11.8 Å². The molecule has 0 saturated carbocycles. The Kier molecular flexibility index (Phi) is 7.78. The Bertz CT molecular complexity index is 834. The molecule has 2 N–H and O–H groups in total. The second kappa shape index (κ2) is 9.77. The number of nitrogens with one attached hydrogen (secondary N) is 1. The molecule has 1 fully saturated rings. The topological polar surface area (TPSA) is 88.1 Å². The van der Waals surface area contributed by atoms with Crippen LogP contribution in [0.3, 0.4) is 0 Å². The summed E-state index contributed by atoms with van der Waals surface area (Å²) >= 11 is 0. The van der Waals surface area contributed by atoms with Crippen LogP contribution >= 0.6 is 0 Å². The fourth-order valence-corrected chi connectivity index (χ4v) is 4.10. The van der Waals surface area contributed by atoms with E-state index in [-0.39, 0.29) is 19.7 Å². The maximum Gasteiger partial charge on any atom is 0.410 e. The maximum atomic E-state index is 12.9. The minimum absolute atomic E-state index is 0.0295. The van der Waals surface area contributed by atoms with Gasteiger partial charge in [0.1, 0.15) is 17.8 Å². The van der Waals surface area contributed by atoms with E-state index in [1.54, 1.807) is 39.8 Å². The van der Waals surface area contributed by atoms with Crippen molar-refractivity contribution in [2.75, 3.05) is 13.1 Å². The first-order valence-corrected chi connectivity index (χ1v) is 10.8. The Labute approximate surface area is 191 Å². The van der Waals surface area contributed by atoms with E-state index >= 15 is 0 Å². The molecule has 1 aliphatic rings. The van der Waals surface area contributed by atoms with Crippen molar-refractivity contribution in [3.05, 3.63) is 61.2 Å². The number of benzene rings is 1. The van der Waals surface area contributed by atoms with Gasteiger partial charge in [0.2, 0.25) is 0 Å². The summed E-state index contributed by atoms with van der Waals surface area (Å²) in [4.78, 5) is 27.1. The number of carbonyl (C=O) groups is 2. The minimum Gasteiger partial charge on any atom is -0.445 e. The predicted octanol–water partition coefficient (Wildman–Crippen LogP) is 4.28. The first-order valence-electron chi connectivity index (χ1n) is 10.8. The van der Waals surface area contributed by atoms with Crippen molar-refractivity contribution < 1.29 is 24.2 Å². The molecule has 1 saturated heterocycles. The van der Waals surface area contributed by atoms with Crippen molar-refractivity contribution in [1.29, 1.82) is 0 Å². The summed E-state index contributed by atoms with van der Waals surface area (Å²) in [5.74, 6) is -0.846. The van der Waals surface area contributed by atoms with Crippen LogP contribution in [0, 0.1) is 11.8 Å². The van der Waals surface area contributed by atoms with Crippen molar-refractivity contribution >= 4 is 12.2 Å². The van der Waals surface area contributed by atoms with Crippen LogP contribution in [0.2, 0.25) is 0 Å². The molecule has 2 rings (SSSR count). The highest BCUT2D eigenvalue weighted by Gasteiger charge is 2.63. The van der Waals surface area contributed by atoms with Gasteiger partial charge in [-0.2, -0.15) is 0 Å². The Morgan fingerprint density at radius 1 is 1.16 bits per heavy atom. The molecule has 4 unspecified atom stereocenters. The van der Waals surface area contributed by atoms with Crippen LogP contribution in [0.25, 0.3) is 0 Å². The van der Waals surface area contributed by atoms with Gasteiger partial charge in [0.15, 0.2) is 0 Å². The monoisotopic (exact) mass is 444 g/mol. The number of hydrogen-bond donors (Lipinski definition) is 2. The largest absolute Gasteiger partial charge is 0.445 e. The lowest BCUT2D eigenvalue weighted by molar-refractivity contribution is -0.0640. The van der Waals surface area contributed by atoms with E-state index in [1.165, 1.54) is 4.90 Å². The molecule has 0 aliphatic carbocycles. The molecule has 0 aromatic heterocycles. The molecule has 0 spiro atoms. The summed E-state index contributed by atoms with van der Waals surface area (Å²) in [5, 5.41) is 14.8. The second-order valence-electron chi connectivity index (χ2n) is 9.47. The number of carbonyl (C=O) groups excluding carboxylic acids is 2. The fourth-order valence-electron chi connectivity index (χ4n) is 4.10. The molecule has 32 heavy (non-hydrogen) atoms. The summed E-state index contributed by atoms with van der Waals surface area (Å²) in [7, 11) is 0. The molecule has 0 bridgehead atoms. The van der Waals surface area contributed by atoms with E-state index in [1.807, 2.05) is 37.3 Å². The lowest BCUT2D eigenvalue weighted by Gasteiger charge is -2.47. The van der Waals surface area contributed by atoms with Gasteiger partial charge < -0.3 is 24.8 Å². The van der Waals surface area contributed by atoms with Gasteiger partial charge >= 0.3 is 12.2 Å². The molecule has 2 amide bonds. The number of likely N-dealkylation sites (tertiary alicyclic amines) is 1. The van der Waals surface area contributed by atoms with Gasteiger partial charge in [-0.3, -0.25) is 0 Å². The third kappa shape index (κ3) is 5.33. The molecule has 7 heteroatoms. The van der Waals surface area contributed by atoms with Crippen LogP contribution in [-0.2, 0) is 16.1 Å². The number of alkyl carbamates (subject to hydrolysis) is 1. The normalized spacial score (nSPS) is 24.9. The average molecular weight is 445 g/mol. The summed E-state index contributed by atoms with van der Waals surface area (Å²) < 4.78 is 11.0. The summed E-state index contributed by atoms with van der Waals surface area (Å²) in [6.45, 7) is 16.7.